The monoisotopic (exact) mass is 240 g/mol. The third-order valence-corrected chi connectivity index (χ3v) is 2.62. The van der Waals surface area contributed by atoms with E-state index in [1.54, 1.807) is 17.1 Å². The quantitative estimate of drug-likeness (QED) is 0.737. The van der Waals surface area contributed by atoms with Gasteiger partial charge in [0.2, 0.25) is 0 Å². The molecule has 2 aromatic heterocycles. The zero-order valence-corrected chi connectivity index (χ0v) is 9.91. The molecule has 18 heavy (non-hydrogen) atoms. The van der Waals surface area contributed by atoms with Crippen LogP contribution in [0.25, 0.3) is 16.9 Å². The Bertz CT molecular complexity index is 658. The van der Waals surface area contributed by atoms with Gasteiger partial charge in [0.1, 0.15) is 5.52 Å². The molecule has 2 heterocycles. The lowest BCUT2D eigenvalue weighted by Crippen LogP contribution is -2.08. The van der Waals surface area contributed by atoms with E-state index in [4.69, 9.17) is 0 Å². The van der Waals surface area contributed by atoms with Crippen LogP contribution in [0, 0.1) is 0 Å². The number of nitrogens with zero attached hydrogens (tertiary/aromatic N) is 5. The summed E-state index contributed by atoms with van der Waals surface area (Å²) in [4.78, 5) is 8.67. The van der Waals surface area contributed by atoms with Gasteiger partial charge in [-0.05, 0) is 19.2 Å². The van der Waals surface area contributed by atoms with Crippen LogP contribution in [-0.2, 0) is 6.54 Å². The summed E-state index contributed by atoms with van der Waals surface area (Å²) >= 11 is 0. The van der Waals surface area contributed by atoms with Gasteiger partial charge in [0.15, 0.2) is 5.82 Å². The Morgan fingerprint density at radius 2 is 2.06 bits per heavy atom. The fourth-order valence-electron chi connectivity index (χ4n) is 1.77. The Kier molecular flexibility index (Phi) is 2.70. The van der Waals surface area contributed by atoms with Crippen molar-refractivity contribution in [2.45, 2.75) is 6.54 Å². The summed E-state index contributed by atoms with van der Waals surface area (Å²) in [5, 5.41) is 11.2. The van der Waals surface area contributed by atoms with E-state index < -0.39 is 0 Å². The Balaban J connectivity index is 2.03. The predicted octanol–water partition coefficient (Wildman–Crippen LogP) is 0.930. The summed E-state index contributed by atoms with van der Waals surface area (Å²) in [7, 11) is 1.88. The van der Waals surface area contributed by atoms with Gasteiger partial charge in [-0.15, -0.1) is 5.10 Å². The third-order valence-electron chi connectivity index (χ3n) is 2.62. The smallest absolute Gasteiger partial charge is 0.174 e. The highest BCUT2D eigenvalue weighted by Gasteiger charge is 2.06. The van der Waals surface area contributed by atoms with Gasteiger partial charge in [0, 0.05) is 6.54 Å². The number of hydrogen-bond acceptors (Lipinski definition) is 5. The molecule has 3 rings (SSSR count). The molecule has 0 amide bonds. The van der Waals surface area contributed by atoms with Gasteiger partial charge < -0.3 is 5.32 Å². The van der Waals surface area contributed by atoms with Crippen LogP contribution in [0.15, 0.2) is 36.7 Å². The van der Waals surface area contributed by atoms with Crippen molar-refractivity contribution in [1.82, 2.24) is 30.3 Å². The lowest BCUT2D eigenvalue weighted by atomic mass is 10.3. The summed E-state index contributed by atoms with van der Waals surface area (Å²) in [6.45, 7) is 0.700. The van der Waals surface area contributed by atoms with Gasteiger partial charge in [-0.3, -0.25) is 4.98 Å². The maximum absolute atomic E-state index is 4.35. The predicted molar refractivity (Wildman–Crippen MR) is 67.2 cm³/mol. The number of benzene rings is 1. The van der Waals surface area contributed by atoms with E-state index in [-0.39, 0.29) is 0 Å². The highest BCUT2D eigenvalue weighted by atomic mass is 15.4. The lowest BCUT2D eigenvalue weighted by molar-refractivity contribution is 0.761. The molecule has 1 aromatic carbocycles. The number of nitrogens with one attached hydrogen (secondary N) is 1. The van der Waals surface area contributed by atoms with E-state index in [0.29, 0.717) is 12.4 Å². The van der Waals surface area contributed by atoms with Crippen molar-refractivity contribution >= 4 is 11.0 Å². The van der Waals surface area contributed by atoms with Gasteiger partial charge in [-0.2, -0.15) is 4.68 Å². The fraction of sp³-hybridized carbons (Fsp3) is 0.167. The average Bonchev–Trinajstić information content (AvgIpc) is 2.84. The second-order valence-corrected chi connectivity index (χ2v) is 3.89. The average molecular weight is 240 g/mol. The van der Waals surface area contributed by atoms with Gasteiger partial charge in [-0.25, -0.2) is 4.98 Å². The van der Waals surface area contributed by atoms with E-state index in [1.165, 1.54) is 0 Å². The molecule has 0 fully saturated rings. The van der Waals surface area contributed by atoms with Crippen molar-refractivity contribution in [2.24, 2.45) is 0 Å². The molecule has 0 saturated heterocycles. The third kappa shape index (κ3) is 1.82. The first kappa shape index (κ1) is 10.8. The van der Waals surface area contributed by atoms with Crippen LogP contribution in [0.4, 0.5) is 0 Å². The van der Waals surface area contributed by atoms with Crippen molar-refractivity contribution in [3.8, 4) is 5.82 Å². The standard InChI is InChI=1S/C12H12N6/c1-13-6-9-7-15-12(8-14-9)18-11-5-3-2-4-10(11)16-17-18/h2-5,7-8,13H,6H2,1H3. The van der Waals surface area contributed by atoms with Crippen LogP contribution in [-0.4, -0.2) is 32.0 Å². The SMILES string of the molecule is CNCc1cnc(-n2nnc3ccccc32)cn1. The molecule has 0 aliphatic heterocycles. The molecule has 0 spiro atoms. The van der Waals surface area contributed by atoms with Gasteiger partial charge in [0.25, 0.3) is 0 Å². The Morgan fingerprint density at radius 3 is 2.83 bits per heavy atom. The second kappa shape index (κ2) is 4.50. The largest absolute Gasteiger partial charge is 0.314 e. The van der Waals surface area contributed by atoms with Crippen molar-refractivity contribution in [3.05, 3.63) is 42.4 Å². The number of para-hydroxylation sites is 1. The summed E-state index contributed by atoms with van der Waals surface area (Å²) in [5.74, 6) is 0.670. The first-order valence-electron chi connectivity index (χ1n) is 5.65. The summed E-state index contributed by atoms with van der Waals surface area (Å²) < 4.78 is 1.69. The van der Waals surface area contributed by atoms with Crippen LogP contribution in [0.2, 0.25) is 0 Å². The van der Waals surface area contributed by atoms with Crippen molar-refractivity contribution < 1.29 is 0 Å². The molecule has 1 N–H and O–H groups in total. The highest BCUT2D eigenvalue weighted by molar-refractivity contribution is 5.75. The van der Waals surface area contributed by atoms with Gasteiger partial charge in [0.05, 0.1) is 23.6 Å². The minimum absolute atomic E-state index is 0.670. The van der Waals surface area contributed by atoms with E-state index in [9.17, 15) is 0 Å². The van der Waals surface area contributed by atoms with Crippen LogP contribution in [0.1, 0.15) is 5.69 Å². The van der Waals surface area contributed by atoms with Crippen LogP contribution in [0.3, 0.4) is 0 Å². The van der Waals surface area contributed by atoms with Gasteiger partial charge >= 0.3 is 0 Å². The fourth-order valence-corrected chi connectivity index (χ4v) is 1.77. The molecule has 90 valence electrons. The van der Waals surface area contributed by atoms with E-state index in [1.807, 2.05) is 31.3 Å². The molecule has 0 saturated carbocycles. The molecule has 3 aromatic rings. The number of fused-ring (bicyclic) bond motifs is 1. The van der Waals surface area contributed by atoms with E-state index in [2.05, 4.69) is 25.6 Å². The molecule has 0 unspecified atom stereocenters. The Morgan fingerprint density at radius 1 is 1.17 bits per heavy atom. The minimum Gasteiger partial charge on any atom is -0.314 e. The van der Waals surface area contributed by atoms with E-state index in [0.717, 1.165) is 16.7 Å². The van der Waals surface area contributed by atoms with Crippen molar-refractivity contribution in [3.63, 3.8) is 0 Å². The van der Waals surface area contributed by atoms with Crippen LogP contribution >= 0.6 is 0 Å². The Labute approximate surface area is 104 Å². The molecular weight excluding hydrogens is 228 g/mol. The molecule has 6 heteroatoms. The van der Waals surface area contributed by atoms with Crippen LogP contribution in [0.5, 0.6) is 0 Å². The topological polar surface area (TPSA) is 68.5 Å². The summed E-state index contributed by atoms with van der Waals surface area (Å²) in [6.07, 6.45) is 3.44. The maximum Gasteiger partial charge on any atom is 0.174 e. The van der Waals surface area contributed by atoms with Crippen molar-refractivity contribution in [2.75, 3.05) is 7.05 Å². The lowest BCUT2D eigenvalue weighted by Gasteiger charge is -2.02. The molecule has 0 atom stereocenters. The summed E-state index contributed by atoms with van der Waals surface area (Å²) in [5.41, 5.74) is 2.66. The second-order valence-electron chi connectivity index (χ2n) is 3.89. The van der Waals surface area contributed by atoms with Crippen LogP contribution < -0.4 is 5.32 Å². The minimum atomic E-state index is 0.670. The van der Waals surface area contributed by atoms with Crippen molar-refractivity contribution in [1.29, 1.82) is 0 Å². The zero-order valence-electron chi connectivity index (χ0n) is 9.91. The normalized spacial score (nSPS) is 10.9. The highest BCUT2D eigenvalue weighted by Crippen LogP contribution is 2.13. The molecule has 6 nitrogen and oxygen atoms in total. The zero-order chi connectivity index (χ0) is 12.4. The first-order valence-corrected chi connectivity index (χ1v) is 5.65. The number of hydrogen-bond donors (Lipinski definition) is 1. The molecule has 0 aliphatic carbocycles. The Hall–Kier alpha value is -2.34. The number of aromatic nitrogens is 5. The van der Waals surface area contributed by atoms with Gasteiger partial charge in [-0.1, -0.05) is 17.3 Å². The summed E-state index contributed by atoms with van der Waals surface area (Å²) in [6, 6.07) is 7.76. The molecular formula is C12H12N6. The molecule has 0 bridgehead atoms. The molecule has 0 radical (unpaired) electrons. The van der Waals surface area contributed by atoms with E-state index >= 15 is 0 Å². The number of rotatable bonds is 3. The molecule has 0 aliphatic rings. The maximum atomic E-state index is 4.35. The first-order chi connectivity index (χ1) is 8.88.